The third-order valence-corrected chi connectivity index (χ3v) is 6.64. The van der Waals surface area contributed by atoms with Crippen LogP contribution in [0.1, 0.15) is 88.5 Å². The first kappa shape index (κ1) is 23.5. The van der Waals surface area contributed by atoms with Crippen molar-refractivity contribution in [2.24, 2.45) is 11.8 Å². The van der Waals surface area contributed by atoms with E-state index in [9.17, 15) is 4.79 Å². The maximum atomic E-state index is 12.5. The highest BCUT2D eigenvalue weighted by molar-refractivity contribution is 5.75. The number of rotatable bonds is 11. The molecule has 3 nitrogen and oxygen atoms in total. The first-order valence-corrected chi connectivity index (χ1v) is 12.4. The van der Waals surface area contributed by atoms with Crippen LogP contribution in [0, 0.1) is 11.8 Å². The van der Waals surface area contributed by atoms with Crippen LogP contribution in [0.25, 0.3) is 0 Å². The van der Waals surface area contributed by atoms with Crippen LogP contribution in [0.15, 0.2) is 42.6 Å². The van der Waals surface area contributed by atoms with Gasteiger partial charge in [-0.3, -0.25) is 9.78 Å². The summed E-state index contributed by atoms with van der Waals surface area (Å²) in [5, 5.41) is 0. The molecule has 0 radical (unpaired) electrons. The highest BCUT2D eigenvalue weighted by Gasteiger charge is 2.27. The highest BCUT2D eigenvalue weighted by Crippen LogP contribution is 2.32. The number of ether oxygens (including phenoxy) is 1. The second-order valence-electron chi connectivity index (χ2n) is 9.19. The summed E-state index contributed by atoms with van der Waals surface area (Å²) in [7, 11) is 0. The molecule has 0 bridgehead atoms. The van der Waals surface area contributed by atoms with Crippen LogP contribution in [0.2, 0.25) is 0 Å². The first-order chi connectivity index (χ1) is 15.2. The molecule has 0 atom stereocenters. The number of unbranched alkanes of at least 4 members (excludes halogenated alkanes) is 2. The fourth-order valence-corrected chi connectivity index (χ4v) is 4.62. The lowest BCUT2D eigenvalue weighted by molar-refractivity contribution is -0.140. The van der Waals surface area contributed by atoms with Gasteiger partial charge in [0.2, 0.25) is 0 Å². The molecule has 1 aromatic carbocycles. The van der Waals surface area contributed by atoms with Gasteiger partial charge in [-0.25, -0.2) is 0 Å². The van der Waals surface area contributed by atoms with Gasteiger partial charge in [-0.2, -0.15) is 0 Å². The number of nitrogens with zero attached hydrogens (tertiary/aromatic N) is 1. The van der Waals surface area contributed by atoms with E-state index in [1.165, 1.54) is 56.1 Å². The van der Waals surface area contributed by atoms with Crippen molar-refractivity contribution in [1.82, 2.24) is 4.98 Å². The number of carbonyl (C=O) groups excluding carboxylic acids is 1. The molecule has 0 N–H and O–H groups in total. The number of hydrogen-bond acceptors (Lipinski definition) is 3. The van der Waals surface area contributed by atoms with Gasteiger partial charge in [-0.05, 0) is 86.6 Å². The van der Waals surface area contributed by atoms with Crippen LogP contribution in [0.3, 0.4) is 0 Å². The smallest absolute Gasteiger partial charge is 0.314 e. The van der Waals surface area contributed by atoms with Gasteiger partial charge in [0.05, 0.1) is 5.92 Å². The largest absolute Gasteiger partial charge is 0.426 e. The number of pyridine rings is 1. The Hall–Kier alpha value is -2.16. The number of benzene rings is 1. The molecule has 3 heteroatoms. The predicted octanol–water partition coefficient (Wildman–Crippen LogP) is 7.11. The molecule has 0 saturated heterocycles. The van der Waals surface area contributed by atoms with Crippen LogP contribution in [0.4, 0.5) is 0 Å². The Bertz CT molecular complexity index is 774. The summed E-state index contributed by atoms with van der Waals surface area (Å²) in [5.41, 5.74) is 3.71. The zero-order chi connectivity index (χ0) is 21.9. The molecule has 31 heavy (non-hydrogen) atoms. The van der Waals surface area contributed by atoms with E-state index in [0.717, 1.165) is 43.7 Å². The number of aromatic nitrogens is 1. The fraction of sp³-hybridized carbons (Fsp3) is 0.571. The van der Waals surface area contributed by atoms with Crippen LogP contribution in [0.5, 0.6) is 5.75 Å². The third-order valence-electron chi connectivity index (χ3n) is 6.64. The Kier molecular flexibility index (Phi) is 9.58. The van der Waals surface area contributed by atoms with E-state index in [1.807, 2.05) is 18.3 Å². The topological polar surface area (TPSA) is 39.2 Å². The van der Waals surface area contributed by atoms with E-state index in [-0.39, 0.29) is 11.9 Å². The Morgan fingerprint density at radius 1 is 0.871 bits per heavy atom. The maximum Gasteiger partial charge on any atom is 0.314 e. The Labute approximate surface area is 188 Å². The third kappa shape index (κ3) is 7.79. The van der Waals surface area contributed by atoms with Crippen molar-refractivity contribution in [3.8, 4) is 5.75 Å². The second kappa shape index (κ2) is 12.6. The minimum absolute atomic E-state index is 0.0501. The second-order valence-corrected chi connectivity index (χ2v) is 9.19. The van der Waals surface area contributed by atoms with Gasteiger partial charge in [-0.1, -0.05) is 57.7 Å². The molecular weight excluding hydrogens is 382 g/mol. The average Bonchev–Trinajstić information content (AvgIpc) is 2.80. The molecule has 168 valence electrons. The Morgan fingerprint density at radius 2 is 1.61 bits per heavy atom. The minimum Gasteiger partial charge on any atom is -0.426 e. The molecule has 2 aromatic rings. The normalized spacial score (nSPS) is 18.6. The number of esters is 1. The molecule has 1 aliphatic rings. The molecule has 0 unspecified atom stereocenters. The summed E-state index contributed by atoms with van der Waals surface area (Å²) in [6.45, 7) is 4.47. The van der Waals surface area contributed by atoms with E-state index in [1.54, 1.807) is 0 Å². The van der Waals surface area contributed by atoms with Crippen molar-refractivity contribution in [3.05, 3.63) is 59.4 Å². The zero-order valence-corrected chi connectivity index (χ0v) is 19.4. The van der Waals surface area contributed by atoms with Crippen LogP contribution in [-0.2, 0) is 24.1 Å². The standard InChI is InChI=1S/C28H39NO2/c1-3-5-6-8-24-12-18-26(29-21-24)17-11-23-13-19-27(20-14-23)31-28(30)25-15-9-22(7-4-2)10-16-25/h12-14,18-22,25H,3-11,15-17H2,1-2H3/t22-,25-. The van der Waals surface area contributed by atoms with Crippen molar-refractivity contribution < 1.29 is 9.53 Å². The summed E-state index contributed by atoms with van der Waals surface area (Å²) in [5.74, 6) is 1.49. The minimum atomic E-state index is -0.0501. The van der Waals surface area contributed by atoms with E-state index in [2.05, 4.69) is 43.1 Å². The fourth-order valence-electron chi connectivity index (χ4n) is 4.62. The summed E-state index contributed by atoms with van der Waals surface area (Å²) in [6, 6.07) is 12.4. The highest BCUT2D eigenvalue weighted by atomic mass is 16.5. The molecular formula is C28H39NO2. The van der Waals surface area contributed by atoms with Gasteiger partial charge in [0.1, 0.15) is 5.75 Å². The molecule has 0 aliphatic heterocycles. The average molecular weight is 422 g/mol. The van der Waals surface area contributed by atoms with E-state index < -0.39 is 0 Å². The molecule has 1 saturated carbocycles. The molecule has 3 rings (SSSR count). The van der Waals surface area contributed by atoms with Crippen LogP contribution in [-0.4, -0.2) is 11.0 Å². The zero-order valence-electron chi connectivity index (χ0n) is 19.4. The molecule has 1 aromatic heterocycles. The summed E-state index contributed by atoms with van der Waals surface area (Å²) in [6.07, 6.45) is 15.6. The molecule has 0 amide bonds. The lowest BCUT2D eigenvalue weighted by Crippen LogP contribution is -2.25. The predicted molar refractivity (Wildman–Crippen MR) is 127 cm³/mol. The summed E-state index contributed by atoms with van der Waals surface area (Å²) < 4.78 is 5.67. The molecule has 1 fully saturated rings. The van der Waals surface area contributed by atoms with E-state index in [0.29, 0.717) is 5.75 Å². The van der Waals surface area contributed by atoms with Gasteiger partial charge < -0.3 is 4.74 Å². The van der Waals surface area contributed by atoms with E-state index in [4.69, 9.17) is 4.74 Å². The van der Waals surface area contributed by atoms with E-state index >= 15 is 0 Å². The van der Waals surface area contributed by atoms with Crippen LogP contribution >= 0.6 is 0 Å². The molecule has 1 aliphatic carbocycles. The van der Waals surface area contributed by atoms with Gasteiger partial charge >= 0.3 is 5.97 Å². The van der Waals surface area contributed by atoms with Crippen LogP contribution < -0.4 is 4.74 Å². The molecule has 0 spiro atoms. The molecule has 1 heterocycles. The number of hydrogen-bond donors (Lipinski definition) is 0. The Morgan fingerprint density at radius 3 is 2.26 bits per heavy atom. The van der Waals surface area contributed by atoms with Crippen molar-refractivity contribution in [3.63, 3.8) is 0 Å². The summed E-state index contributed by atoms with van der Waals surface area (Å²) in [4.78, 5) is 17.1. The first-order valence-electron chi connectivity index (χ1n) is 12.4. The van der Waals surface area contributed by atoms with Gasteiger partial charge in [0.25, 0.3) is 0 Å². The maximum absolute atomic E-state index is 12.5. The van der Waals surface area contributed by atoms with Gasteiger partial charge in [-0.15, -0.1) is 0 Å². The van der Waals surface area contributed by atoms with Crippen molar-refractivity contribution in [2.75, 3.05) is 0 Å². The lowest BCUT2D eigenvalue weighted by Gasteiger charge is -2.26. The van der Waals surface area contributed by atoms with Crippen molar-refractivity contribution in [1.29, 1.82) is 0 Å². The number of carbonyl (C=O) groups is 1. The lowest BCUT2D eigenvalue weighted by atomic mass is 9.80. The number of aryl methyl sites for hydroxylation is 3. The van der Waals surface area contributed by atoms with Crippen molar-refractivity contribution in [2.45, 2.75) is 90.9 Å². The summed E-state index contributed by atoms with van der Waals surface area (Å²) >= 11 is 0. The Balaban J connectivity index is 1.41. The monoisotopic (exact) mass is 421 g/mol. The van der Waals surface area contributed by atoms with Gasteiger partial charge in [0, 0.05) is 11.9 Å². The van der Waals surface area contributed by atoms with Crippen molar-refractivity contribution >= 4 is 5.97 Å². The SMILES string of the molecule is CCCCCc1ccc(CCc2ccc(OC(=O)[C@H]3CC[C@H](CCC)CC3)cc2)nc1. The quantitative estimate of drug-likeness (QED) is 0.220. The van der Waals surface area contributed by atoms with Gasteiger partial charge in [0.15, 0.2) is 0 Å².